The van der Waals surface area contributed by atoms with Crippen LogP contribution in [0.15, 0.2) is 24.3 Å². The van der Waals surface area contributed by atoms with E-state index in [2.05, 4.69) is 19.2 Å². The van der Waals surface area contributed by atoms with E-state index in [-0.39, 0.29) is 23.9 Å². The zero-order chi connectivity index (χ0) is 15.6. The normalized spacial score (nSPS) is 22.4. The Hall–Kier alpha value is -2.04. The van der Waals surface area contributed by atoms with Gasteiger partial charge in [-0.25, -0.2) is 0 Å². The molecular weight excluding hydrogens is 268 g/mol. The van der Waals surface area contributed by atoms with Crippen molar-refractivity contribution in [2.45, 2.75) is 39.8 Å². The highest BCUT2D eigenvalue weighted by Crippen LogP contribution is 2.25. The number of anilines is 1. The first-order valence-electron chi connectivity index (χ1n) is 7.26. The van der Waals surface area contributed by atoms with Gasteiger partial charge in [0, 0.05) is 5.69 Å². The van der Waals surface area contributed by atoms with Crippen LogP contribution in [0.2, 0.25) is 0 Å². The van der Waals surface area contributed by atoms with Gasteiger partial charge < -0.3 is 9.64 Å². The van der Waals surface area contributed by atoms with E-state index in [4.69, 9.17) is 4.74 Å². The number of carbonyl (C=O) groups excluding carboxylic acids is 2. The molecule has 21 heavy (non-hydrogen) atoms. The summed E-state index contributed by atoms with van der Waals surface area (Å²) < 4.78 is 5.64. The summed E-state index contributed by atoms with van der Waals surface area (Å²) in [5.74, 6) is 0.727. The molecule has 1 heterocycles. The molecule has 5 heteroatoms. The zero-order valence-electron chi connectivity index (χ0n) is 12.9. The summed E-state index contributed by atoms with van der Waals surface area (Å²) in [6, 6.07) is 6.76. The minimum absolute atomic E-state index is 0.266. The van der Waals surface area contributed by atoms with Gasteiger partial charge in [0.05, 0.1) is 6.61 Å². The van der Waals surface area contributed by atoms with E-state index in [1.165, 1.54) is 0 Å². The molecule has 1 aliphatic rings. The largest absolute Gasteiger partial charge is 0.493 e. The number of nitrogens with zero attached hydrogens (tertiary/aromatic N) is 1. The SMILES string of the molecule is CC(C)COc1ccc(N2C(C)C(=O)NC(=O)C2C)cc1. The average molecular weight is 290 g/mol. The van der Waals surface area contributed by atoms with Crippen molar-refractivity contribution in [3.05, 3.63) is 24.3 Å². The Morgan fingerprint density at radius 3 is 2.10 bits per heavy atom. The molecule has 2 amide bonds. The lowest BCUT2D eigenvalue weighted by molar-refractivity contribution is -0.134. The molecule has 2 unspecified atom stereocenters. The van der Waals surface area contributed by atoms with Crippen LogP contribution in [0.1, 0.15) is 27.7 Å². The Balaban J connectivity index is 2.16. The van der Waals surface area contributed by atoms with E-state index in [9.17, 15) is 9.59 Å². The van der Waals surface area contributed by atoms with Crippen LogP contribution in [-0.4, -0.2) is 30.5 Å². The van der Waals surface area contributed by atoms with Gasteiger partial charge >= 0.3 is 0 Å². The third-order valence-corrected chi connectivity index (χ3v) is 3.56. The Morgan fingerprint density at radius 2 is 1.62 bits per heavy atom. The minimum atomic E-state index is -0.375. The molecule has 0 saturated carbocycles. The third-order valence-electron chi connectivity index (χ3n) is 3.56. The highest BCUT2D eigenvalue weighted by molar-refractivity contribution is 6.06. The summed E-state index contributed by atoms with van der Waals surface area (Å²) in [5.41, 5.74) is 0.843. The van der Waals surface area contributed by atoms with E-state index in [1.54, 1.807) is 13.8 Å². The monoisotopic (exact) mass is 290 g/mol. The van der Waals surface area contributed by atoms with E-state index >= 15 is 0 Å². The van der Waals surface area contributed by atoms with Crippen molar-refractivity contribution in [1.29, 1.82) is 0 Å². The summed E-state index contributed by atoms with van der Waals surface area (Å²) in [4.78, 5) is 25.4. The Bertz CT molecular complexity index is 505. The van der Waals surface area contributed by atoms with Gasteiger partial charge in [0.2, 0.25) is 11.8 Å². The van der Waals surface area contributed by atoms with E-state index in [0.29, 0.717) is 12.5 Å². The molecule has 1 N–H and O–H groups in total. The van der Waals surface area contributed by atoms with Crippen LogP contribution < -0.4 is 15.0 Å². The van der Waals surface area contributed by atoms with Crippen LogP contribution in [0.3, 0.4) is 0 Å². The number of amides is 2. The predicted molar refractivity (Wildman–Crippen MR) is 81.3 cm³/mol. The molecule has 1 saturated heterocycles. The first-order valence-corrected chi connectivity index (χ1v) is 7.26. The fourth-order valence-electron chi connectivity index (χ4n) is 2.34. The first kappa shape index (κ1) is 15.4. The number of carbonyl (C=O) groups is 2. The summed E-state index contributed by atoms with van der Waals surface area (Å²) in [6.45, 7) is 8.44. The number of imide groups is 1. The third kappa shape index (κ3) is 3.35. The van der Waals surface area contributed by atoms with Crippen LogP contribution in [0.5, 0.6) is 5.75 Å². The smallest absolute Gasteiger partial charge is 0.249 e. The molecule has 1 aromatic carbocycles. The Labute approximate surface area is 125 Å². The summed E-state index contributed by atoms with van der Waals surface area (Å²) in [5, 5.41) is 2.38. The Morgan fingerprint density at radius 1 is 1.10 bits per heavy atom. The molecular formula is C16H22N2O3. The topological polar surface area (TPSA) is 58.6 Å². The molecule has 0 spiro atoms. The van der Waals surface area contributed by atoms with Crippen LogP contribution in [-0.2, 0) is 9.59 Å². The maximum atomic E-state index is 11.8. The fraction of sp³-hybridized carbons (Fsp3) is 0.500. The van der Waals surface area contributed by atoms with Gasteiger partial charge in [-0.3, -0.25) is 14.9 Å². The highest BCUT2D eigenvalue weighted by Gasteiger charge is 2.36. The molecule has 2 rings (SSSR count). The number of benzene rings is 1. The second-order valence-electron chi connectivity index (χ2n) is 5.81. The maximum absolute atomic E-state index is 11.8. The lowest BCUT2D eigenvalue weighted by Crippen LogP contribution is -2.61. The molecule has 0 radical (unpaired) electrons. The molecule has 0 aromatic heterocycles. The Kier molecular flexibility index (Phi) is 4.50. The van der Waals surface area contributed by atoms with Gasteiger partial charge in [-0.1, -0.05) is 13.8 Å². The van der Waals surface area contributed by atoms with Gasteiger partial charge in [0.1, 0.15) is 17.8 Å². The van der Waals surface area contributed by atoms with Crippen LogP contribution in [0, 0.1) is 5.92 Å². The standard InChI is InChI=1S/C16H22N2O3/c1-10(2)9-21-14-7-5-13(6-8-14)18-11(3)15(19)17-16(20)12(18)4/h5-8,10-12H,9H2,1-4H3,(H,17,19,20). The van der Waals surface area contributed by atoms with Crippen molar-refractivity contribution in [2.24, 2.45) is 5.92 Å². The number of nitrogens with one attached hydrogen (secondary N) is 1. The van der Waals surface area contributed by atoms with Crippen molar-refractivity contribution in [3.63, 3.8) is 0 Å². The summed E-state index contributed by atoms with van der Waals surface area (Å²) >= 11 is 0. The quantitative estimate of drug-likeness (QED) is 0.861. The molecule has 0 aliphatic carbocycles. The molecule has 114 valence electrons. The van der Waals surface area contributed by atoms with E-state index in [0.717, 1.165) is 11.4 Å². The lowest BCUT2D eigenvalue weighted by Gasteiger charge is -2.38. The molecule has 5 nitrogen and oxygen atoms in total. The zero-order valence-corrected chi connectivity index (χ0v) is 12.9. The predicted octanol–water partition coefficient (Wildman–Crippen LogP) is 1.96. The van der Waals surface area contributed by atoms with Gasteiger partial charge in [-0.2, -0.15) is 0 Å². The highest BCUT2D eigenvalue weighted by atomic mass is 16.5. The summed E-state index contributed by atoms with van der Waals surface area (Å²) in [6.07, 6.45) is 0. The maximum Gasteiger partial charge on any atom is 0.249 e. The number of piperazine rings is 1. The van der Waals surface area contributed by atoms with Crippen LogP contribution >= 0.6 is 0 Å². The van der Waals surface area contributed by atoms with Gasteiger partial charge in [0.25, 0.3) is 0 Å². The molecule has 1 aliphatic heterocycles. The number of ether oxygens (including phenoxy) is 1. The second kappa shape index (κ2) is 6.16. The van der Waals surface area contributed by atoms with Gasteiger partial charge in [-0.15, -0.1) is 0 Å². The number of hydrogen-bond donors (Lipinski definition) is 1. The van der Waals surface area contributed by atoms with Crippen molar-refractivity contribution < 1.29 is 14.3 Å². The second-order valence-corrected chi connectivity index (χ2v) is 5.81. The molecule has 1 fully saturated rings. The van der Waals surface area contributed by atoms with Crippen molar-refractivity contribution in [1.82, 2.24) is 5.32 Å². The molecule has 0 bridgehead atoms. The van der Waals surface area contributed by atoms with Crippen molar-refractivity contribution in [2.75, 3.05) is 11.5 Å². The van der Waals surface area contributed by atoms with E-state index < -0.39 is 0 Å². The van der Waals surface area contributed by atoms with Crippen LogP contribution in [0.4, 0.5) is 5.69 Å². The van der Waals surface area contributed by atoms with Crippen molar-refractivity contribution >= 4 is 17.5 Å². The van der Waals surface area contributed by atoms with Crippen molar-refractivity contribution in [3.8, 4) is 5.75 Å². The lowest BCUT2D eigenvalue weighted by atomic mass is 10.1. The van der Waals surface area contributed by atoms with Gasteiger partial charge in [-0.05, 0) is 44.0 Å². The first-order chi connectivity index (χ1) is 9.90. The van der Waals surface area contributed by atoms with Crippen LogP contribution in [0.25, 0.3) is 0 Å². The fourth-order valence-corrected chi connectivity index (χ4v) is 2.34. The number of rotatable bonds is 4. The molecule has 1 aromatic rings. The average Bonchev–Trinajstić information content (AvgIpc) is 2.44. The summed E-state index contributed by atoms with van der Waals surface area (Å²) in [7, 11) is 0. The minimum Gasteiger partial charge on any atom is -0.493 e. The molecule has 2 atom stereocenters. The van der Waals surface area contributed by atoms with Gasteiger partial charge in [0.15, 0.2) is 0 Å². The number of hydrogen-bond acceptors (Lipinski definition) is 4. The van der Waals surface area contributed by atoms with E-state index in [1.807, 2.05) is 29.2 Å².